The predicted molar refractivity (Wildman–Crippen MR) is 132 cm³/mol. The molecule has 1 fully saturated rings. The van der Waals surface area contributed by atoms with Crippen LogP contribution in [0.4, 0.5) is 0 Å². The zero-order valence-corrected chi connectivity index (χ0v) is 20.4. The van der Waals surface area contributed by atoms with Gasteiger partial charge >= 0.3 is 5.97 Å². The number of imidazole rings is 1. The first-order chi connectivity index (χ1) is 16.8. The predicted octanol–water partition coefficient (Wildman–Crippen LogP) is 5.63. The van der Waals surface area contributed by atoms with E-state index in [-0.39, 0.29) is 18.6 Å². The van der Waals surface area contributed by atoms with Gasteiger partial charge in [-0.25, -0.2) is 9.97 Å². The molecule has 8 nitrogen and oxygen atoms in total. The summed E-state index contributed by atoms with van der Waals surface area (Å²) in [5.41, 5.74) is 2.47. The number of benzene rings is 2. The van der Waals surface area contributed by atoms with Crippen molar-refractivity contribution in [3.05, 3.63) is 64.4 Å². The molecule has 4 aromatic rings. The number of hydrogen-bond donors (Lipinski definition) is 1. The standard InChI is InChI=1S/C25H22Cl2N4O4/c1-25(9-10-25)35-24-21-23(28-14-29-24)31(13-15-4-2-3-5-18(15)26)22(30-21)17-7-6-16(12-19(17)27)34-11-8-20(32)33/h2-7,12,14H,8-11,13H2,1H3,(H,32,33). The fraction of sp³-hybridized carbons (Fsp3) is 0.280. The molecule has 2 aromatic carbocycles. The highest BCUT2D eigenvalue weighted by Gasteiger charge is 2.41. The van der Waals surface area contributed by atoms with Crippen LogP contribution in [0.1, 0.15) is 31.7 Å². The monoisotopic (exact) mass is 512 g/mol. The molecule has 0 spiro atoms. The Morgan fingerprint density at radius 2 is 1.94 bits per heavy atom. The maximum Gasteiger partial charge on any atom is 0.306 e. The second-order valence-electron chi connectivity index (χ2n) is 8.65. The van der Waals surface area contributed by atoms with Gasteiger partial charge in [0, 0.05) is 10.6 Å². The molecule has 1 N–H and O–H groups in total. The molecule has 0 atom stereocenters. The Morgan fingerprint density at radius 1 is 1.14 bits per heavy atom. The van der Waals surface area contributed by atoms with Crippen molar-refractivity contribution in [3.63, 3.8) is 0 Å². The van der Waals surface area contributed by atoms with Crippen LogP contribution in [0.2, 0.25) is 10.0 Å². The van der Waals surface area contributed by atoms with E-state index >= 15 is 0 Å². The normalized spacial score (nSPS) is 14.1. The average Bonchev–Trinajstić information content (AvgIpc) is 3.43. The largest absolute Gasteiger partial charge is 0.493 e. The SMILES string of the molecule is CC1(Oc2ncnc3c2nc(-c2ccc(OCCC(=O)O)cc2Cl)n3Cc2ccccc2Cl)CC1. The summed E-state index contributed by atoms with van der Waals surface area (Å²) in [5, 5.41) is 9.86. The first-order valence-corrected chi connectivity index (χ1v) is 11.9. The van der Waals surface area contributed by atoms with Crippen molar-refractivity contribution < 1.29 is 19.4 Å². The van der Waals surface area contributed by atoms with E-state index < -0.39 is 5.97 Å². The second-order valence-corrected chi connectivity index (χ2v) is 9.46. The summed E-state index contributed by atoms with van der Waals surface area (Å²) in [4.78, 5) is 24.5. The van der Waals surface area contributed by atoms with Crippen LogP contribution in [-0.4, -0.2) is 42.8 Å². The number of fused-ring (bicyclic) bond motifs is 1. The summed E-state index contributed by atoms with van der Waals surface area (Å²) in [6.07, 6.45) is 3.29. The van der Waals surface area contributed by atoms with Gasteiger partial charge in [0.05, 0.1) is 24.6 Å². The van der Waals surface area contributed by atoms with Crippen molar-refractivity contribution in [2.24, 2.45) is 0 Å². The van der Waals surface area contributed by atoms with E-state index in [1.54, 1.807) is 18.2 Å². The van der Waals surface area contributed by atoms with E-state index in [1.807, 2.05) is 35.8 Å². The van der Waals surface area contributed by atoms with Gasteiger partial charge in [-0.3, -0.25) is 4.79 Å². The Morgan fingerprint density at radius 3 is 2.66 bits per heavy atom. The van der Waals surface area contributed by atoms with Crippen LogP contribution in [-0.2, 0) is 11.3 Å². The highest BCUT2D eigenvalue weighted by molar-refractivity contribution is 6.33. The minimum atomic E-state index is -0.930. The van der Waals surface area contributed by atoms with Gasteiger partial charge in [0.2, 0.25) is 5.88 Å². The van der Waals surface area contributed by atoms with Gasteiger partial charge in [0.25, 0.3) is 0 Å². The van der Waals surface area contributed by atoms with Crippen molar-refractivity contribution >= 4 is 40.3 Å². The van der Waals surface area contributed by atoms with Gasteiger partial charge in [0.1, 0.15) is 23.5 Å². The lowest BCUT2D eigenvalue weighted by Gasteiger charge is -2.13. The zero-order valence-electron chi connectivity index (χ0n) is 18.9. The van der Waals surface area contributed by atoms with Gasteiger partial charge < -0.3 is 19.1 Å². The first-order valence-electron chi connectivity index (χ1n) is 11.1. The van der Waals surface area contributed by atoms with Crippen molar-refractivity contribution in [2.45, 2.75) is 38.3 Å². The Balaban J connectivity index is 1.59. The Labute approximate surface area is 211 Å². The third kappa shape index (κ3) is 5.04. The topological polar surface area (TPSA) is 99.4 Å². The van der Waals surface area contributed by atoms with Gasteiger partial charge in [-0.05, 0) is 49.6 Å². The molecule has 1 aliphatic carbocycles. The molecule has 0 saturated heterocycles. The Hall–Kier alpha value is -3.36. The number of rotatable bonds is 9. The number of carbonyl (C=O) groups is 1. The molecule has 0 unspecified atom stereocenters. The summed E-state index contributed by atoms with van der Waals surface area (Å²) in [6, 6.07) is 12.8. The number of aromatic nitrogens is 4. The van der Waals surface area contributed by atoms with E-state index in [4.69, 9.17) is 42.8 Å². The zero-order chi connectivity index (χ0) is 24.6. The van der Waals surface area contributed by atoms with Crippen molar-refractivity contribution in [3.8, 4) is 23.0 Å². The smallest absolute Gasteiger partial charge is 0.306 e. The van der Waals surface area contributed by atoms with Crippen LogP contribution in [0.5, 0.6) is 11.6 Å². The molecule has 10 heteroatoms. The van der Waals surface area contributed by atoms with Crippen LogP contribution in [0.3, 0.4) is 0 Å². The van der Waals surface area contributed by atoms with Crippen LogP contribution < -0.4 is 9.47 Å². The molecular formula is C25H22Cl2N4O4. The number of hydrogen-bond acceptors (Lipinski definition) is 6. The molecule has 5 rings (SSSR count). The third-order valence-electron chi connectivity index (χ3n) is 5.85. The summed E-state index contributed by atoms with van der Waals surface area (Å²) in [6.45, 7) is 2.50. The quantitative estimate of drug-likeness (QED) is 0.310. The number of carboxylic acids is 1. The molecule has 2 aromatic heterocycles. The lowest BCUT2D eigenvalue weighted by molar-refractivity contribution is -0.137. The maximum absolute atomic E-state index is 10.8. The van der Waals surface area contributed by atoms with Crippen LogP contribution >= 0.6 is 23.2 Å². The minimum absolute atomic E-state index is 0.0467. The number of halogens is 2. The average molecular weight is 513 g/mol. The van der Waals surface area contributed by atoms with Gasteiger partial charge in [-0.15, -0.1) is 0 Å². The van der Waals surface area contributed by atoms with E-state index in [9.17, 15) is 4.79 Å². The fourth-order valence-electron chi connectivity index (χ4n) is 3.68. The third-order valence-corrected chi connectivity index (χ3v) is 6.53. The van der Waals surface area contributed by atoms with E-state index in [1.165, 1.54) is 6.33 Å². The molecule has 2 heterocycles. The maximum atomic E-state index is 10.8. The Kier molecular flexibility index (Phi) is 6.25. The summed E-state index contributed by atoms with van der Waals surface area (Å²) in [5.74, 6) is 0.548. The molecule has 1 saturated carbocycles. The van der Waals surface area contributed by atoms with Crippen molar-refractivity contribution in [2.75, 3.05) is 6.61 Å². The summed E-state index contributed by atoms with van der Waals surface area (Å²) >= 11 is 13.1. The molecule has 1 aliphatic rings. The number of nitrogens with zero attached hydrogens (tertiary/aromatic N) is 4. The first kappa shape index (κ1) is 23.4. The Bertz CT molecular complexity index is 1420. The van der Waals surface area contributed by atoms with Crippen LogP contribution in [0.25, 0.3) is 22.6 Å². The van der Waals surface area contributed by atoms with Gasteiger partial charge in [0.15, 0.2) is 11.2 Å². The molecular weight excluding hydrogens is 491 g/mol. The fourth-order valence-corrected chi connectivity index (χ4v) is 4.13. The molecule has 35 heavy (non-hydrogen) atoms. The lowest BCUT2D eigenvalue weighted by Crippen LogP contribution is -2.13. The van der Waals surface area contributed by atoms with Crippen LogP contribution in [0, 0.1) is 0 Å². The molecule has 0 bridgehead atoms. The lowest BCUT2D eigenvalue weighted by atomic mass is 10.2. The highest BCUT2D eigenvalue weighted by Crippen LogP contribution is 2.41. The highest BCUT2D eigenvalue weighted by atomic mass is 35.5. The van der Waals surface area contributed by atoms with Crippen LogP contribution in [0.15, 0.2) is 48.8 Å². The summed E-state index contributed by atoms with van der Waals surface area (Å²) in [7, 11) is 0. The van der Waals surface area contributed by atoms with Crippen molar-refractivity contribution in [1.82, 2.24) is 19.5 Å². The number of ether oxygens (including phenoxy) is 2. The van der Waals surface area contributed by atoms with E-state index in [0.29, 0.717) is 50.8 Å². The number of aliphatic carboxylic acids is 1. The molecule has 180 valence electrons. The van der Waals surface area contributed by atoms with Gasteiger partial charge in [-0.1, -0.05) is 41.4 Å². The second kappa shape index (κ2) is 9.36. The molecule has 0 radical (unpaired) electrons. The molecule has 0 amide bonds. The number of carboxylic acid groups (broad SMARTS) is 1. The van der Waals surface area contributed by atoms with Crippen molar-refractivity contribution in [1.29, 1.82) is 0 Å². The molecule has 0 aliphatic heterocycles. The minimum Gasteiger partial charge on any atom is -0.493 e. The van der Waals surface area contributed by atoms with E-state index in [0.717, 1.165) is 18.4 Å². The van der Waals surface area contributed by atoms with Gasteiger partial charge in [-0.2, -0.15) is 4.98 Å². The summed E-state index contributed by atoms with van der Waals surface area (Å²) < 4.78 is 13.6. The van der Waals surface area contributed by atoms with E-state index in [2.05, 4.69) is 9.97 Å².